The molecule has 1 saturated heterocycles. The van der Waals surface area contributed by atoms with Crippen LogP contribution in [-0.2, 0) is 13.1 Å². The molecule has 166 valence electrons. The number of rotatable bonds is 8. The Kier molecular flexibility index (Phi) is 7.46. The molecule has 0 amide bonds. The Morgan fingerprint density at radius 2 is 1.39 bits per heavy atom. The Morgan fingerprint density at radius 3 is 1.84 bits per heavy atom. The summed E-state index contributed by atoms with van der Waals surface area (Å²) in [5.41, 5.74) is 3.48. The van der Waals surface area contributed by atoms with Gasteiger partial charge in [0.15, 0.2) is 11.6 Å². The van der Waals surface area contributed by atoms with Crippen LogP contribution in [0, 0.1) is 0 Å². The molecule has 0 bridgehead atoms. The van der Waals surface area contributed by atoms with Crippen LogP contribution in [0.3, 0.4) is 0 Å². The molecule has 1 fully saturated rings. The maximum absolute atomic E-state index is 11.8. The lowest BCUT2D eigenvalue weighted by Crippen LogP contribution is -2.50. The number of ketones is 2. The van der Waals surface area contributed by atoms with Gasteiger partial charge < -0.3 is 9.47 Å². The summed E-state index contributed by atoms with van der Waals surface area (Å²) >= 11 is 0. The molecule has 0 spiro atoms. The quantitative estimate of drug-likeness (QED) is 0.601. The smallest absolute Gasteiger partial charge is 0.159 e. The summed E-state index contributed by atoms with van der Waals surface area (Å²) in [5.74, 6) is 1.74. The highest BCUT2D eigenvalue weighted by Gasteiger charge is 2.25. The van der Waals surface area contributed by atoms with E-state index in [1.54, 1.807) is 28.1 Å². The lowest BCUT2D eigenvalue weighted by Gasteiger charge is -2.40. The molecule has 0 aromatic heterocycles. The van der Waals surface area contributed by atoms with E-state index in [1.807, 2.05) is 36.4 Å². The number of carbonyl (C=O) groups is 2. The van der Waals surface area contributed by atoms with E-state index >= 15 is 0 Å². The summed E-state index contributed by atoms with van der Waals surface area (Å²) < 4.78 is 11.0. The highest BCUT2D eigenvalue weighted by atomic mass is 16.5. The minimum Gasteiger partial charge on any atom is -0.496 e. The van der Waals surface area contributed by atoms with E-state index in [-0.39, 0.29) is 11.6 Å². The predicted molar refractivity (Wildman–Crippen MR) is 121 cm³/mol. The summed E-state index contributed by atoms with van der Waals surface area (Å²) in [4.78, 5) is 28.4. The molecule has 1 aliphatic rings. The van der Waals surface area contributed by atoms with Gasteiger partial charge >= 0.3 is 0 Å². The maximum Gasteiger partial charge on any atom is 0.159 e. The van der Waals surface area contributed by atoms with Gasteiger partial charge in [-0.05, 0) is 57.2 Å². The number of ether oxygens (including phenoxy) is 2. The highest BCUT2D eigenvalue weighted by Crippen LogP contribution is 2.26. The molecule has 0 aliphatic carbocycles. The standard InChI is InChI=1S/C25H32N2O4/c1-17-14-26(15-22-12-20(18(2)28)6-8-24(22)30-4)10-11-27(17)16-23-13-21(19(3)29)7-9-25(23)31-5/h6-9,12-13,17H,10-11,14-16H2,1-5H3. The van der Waals surface area contributed by atoms with E-state index in [0.29, 0.717) is 17.2 Å². The zero-order valence-corrected chi connectivity index (χ0v) is 19.1. The third-order valence-corrected chi connectivity index (χ3v) is 5.99. The zero-order valence-electron chi connectivity index (χ0n) is 19.1. The summed E-state index contributed by atoms with van der Waals surface area (Å²) in [6.07, 6.45) is 0. The number of Topliss-reactive ketones (excluding diaryl/α,β-unsaturated/α-hetero) is 2. The summed E-state index contributed by atoms with van der Waals surface area (Å²) in [6.45, 7) is 9.59. The third-order valence-electron chi connectivity index (χ3n) is 5.99. The first-order valence-electron chi connectivity index (χ1n) is 10.6. The molecule has 0 saturated carbocycles. The second kappa shape index (κ2) is 10.1. The van der Waals surface area contributed by atoms with Gasteiger partial charge in [-0.15, -0.1) is 0 Å². The molecule has 0 radical (unpaired) electrons. The Hall–Kier alpha value is -2.70. The highest BCUT2D eigenvalue weighted by molar-refractivity contribution is 5.94. The number of carbonyl (C=O) groups excluding carboxylic acids is 2. The molecule has 1 unspecified atom stereocenters. The molecule has 6 heteroatoms. The third kappa shape index (κ3) is 5.51. The zero-order chi connectivity index (χ0) is 22.5. The average molecular weight is 425 g/mol. The van der Waals surface area contributed by atoms with Crippen LogP contribution in [0.15, 0.2) is 36.4 Å². The van der Waals surface area contributed by atoms with Crippen LogP contribution < -0.4 is 9.47 Å². The number of hydrogen-bond donors (Lipinski definition) is 0. The van der Waals surface area contributed by atoms with Gasteiger partial charge in [0, 0.05) is 61.0 Å². The van der Waals surface area contributed by atoms with Crippen molar-refractivity contribution >= 4 is 11.6 Å². The molecule has 2 aromatic carbocycles. The van der Waals surface area contributed by atoms with Crippen molar-refractivity contribution in [2.45, 2.75) is 39.9 Å². The van der Waals surface area contributed by atoms with Gasteiger partial charge in [0.2, 0.25) is 0 Å². The van der Waals surface area contributed by atoms with Crippen molar-refractivity contribution in [2.75, 3.05) is 33.9 Å². The van der Waals surface area contributed by atoms with Crippen molar-refractivity contribution in [2.24, 2.45) is 0 Å². The largest absolute Gasteiger partial charge is 0.496 e. The topological polar surface area (TPSA) is 59.1 Å². The molecular weight excluding hydrogens is 392 g/mol. The van der Waals surface area contributed by atoms with Gasteiger partial charge in [-0.25, -0.2) is 0 Å². The fourth-order valence-corrected chi connectivity index (χ4v) is 4.15. The van der Waals surface area contributed by atoms with E-state index in [0.717, 1.165) is 55.3 Å². The first kappa shape index (κ1) is 23.0. The molecule has 2 aromatic rings. The number of methoxy groups -OCH3 is 2. The van der Waals surface area contributed by atoms with Crippen LogP contribution in [0.25, 0.3) is 0 Å². The number of hydrogen-bond acceptors (Lipinski definition) is 6. The van der Waals surface area contributed by atoms with Crippen LogP contribution in [0.5, 0.6) is 11.5 Å². The Bertz CT molecular complexity index is 957. The Balaban J connectivity index is 1.69. The van der Waals surface area contributed by atoms with E-state index in [9.17, 15) is 9.59 Å². The Labute approximate surface area is 184 Å². The van der Waals surface area contributed by atoms with Gasteiger partial charge in [-0.2, -0.15) is 0 Å². The van der Waals surface area contributed by atoms with E-state index in [2.05, 4.69) is 16.7 Å². The minimum absolute atomic E-state index is 0.0588. The number of nitrogens with zero attached hydrogens (tertiary/aromatic N) is 2. The van der Waals surface area contributed by atoms with Crippen LogP contribution >= 0.6 is 0 Å². The fraction of sp³-hybridized carbons (Fsp3) is 0.440. The fourth-order valence-electron chi connectivity index (χ4n) is 4.15. The molecule has 1 atom stereocenters. The second-order valence-electron chi connectivity index (χ2n) is 8.22. The van der Waals surface area contributed by atoms with E-state index in [4.69, 9.17) is 9.47 Å². The van der Waals surface area contributed by atoms with Crippen LogP contribution in [0.2, 0.25) is 0 Å². The van der Waals surface area contributed by atoms with Crippen LogP contribution in [0.1, 0.15) is 52.6 Å². The normalized spacial score (nSPS) is 17.4. The molecule has 0 N–H and O–H groups in total. The van der Waals surface area contributed by atoms with Gasteiger partial charge in [0.05, 0.1) is 14.2 Å². The van der Waals surface area contributed by atoms with Crippen LogP contribution in [0.4, 0.5) is 0 Å². The minimum atomic E-state index is 0.0588. The van der Waals surface area contributed by atoms with Crippen molar-refractivity contribution in [3.63, 3.8) is 0 Å². The molecular formula is C25H32N2O4. The van der Waals surface area contributed by atoms with Gasteiger partial charge in [-0.3, -0.25) is 19.4 Å². The first-order chi connectivity index (χ1) is 14.8. The van der Waals surface area contributed by atoms with E-state index < -0.39 is 0 Å². The van der Waals surface area contributed by atoms with Crippen molar-refractivity contribution in [1.82, 2.24) is 9.80 Å². The molecule has 1 heterocycles. The lowest BCUT2D eigenvalue weighted by atomic mass is 10.0. The average Bonchev–Trinajstić information content (AvgIpc) is 2.75. The molecule has 3 rings (SSSR count). The van der Waals surface area contributed by atoms with E-state index in [1.165, 1.54) is 0 Å². The van der Waals surface area contributed by atoms with Gasteiger partial charge in [-0.1, -0.05) is 0 Å². The molecule has 31 heavy (non-hydrogen) atoms. The summed E-state index contributed by atoms with van der Waals surface area (Å²) in [5, 5.41) is 0. The maximum atomic E-state index is 11.8. The second-order valence-corrected chi connectivity index (χ2v) is 8.22. The van der Waals surface area contributed by atoms with Gasteiger partial charge in [0.25, 0.3) is 0 Å². The first-order valence-corrected chi connectivity index (χ1v) is 10.6. The van der Waals surface area contributed by atoms with Crippen molar-refractivity contribution < 1.29 is 19.1 Å². The summed E-state index contributed by atoms with van der Waals surface area (Å²) in [6, 6.07) is 11.6. The van der Waals surface area contributed by atoms with Crippen molar-refractivity contribution in [3.05, 3.63) is 58.7 Å². The SMILES string of the molecule is COc1ccc(C(C)=O)cc1CN1CCN(Cc2cc(C(C)=O)ccc2OC)C(C)C1. The lowest BCUT2D eigenvalue weighted by molar-refractivity contribution is 0.0722. The summed E-state index contributed by atoms with van der Waals surface area (Å²) in [7, 11) is 3.32. The predicted octanol–water partition coefficient (Wildman–Crippen LogP) is 3.82. The van der Waals surface area contributed by atoms with Crippen LogP contribution in [-0.4, -0.2) is 61.3 Å². The monoisotopic (exact) mass is 424 g/mol. The van der Waals surface area contributed by atoms with Gasteiger partial charge in [0.1, 0.15) is 11.5 Å². The number of benzene rings is 2. The Morgan fingerprint density at radius 1 is 0.871 bits per heavy atom. The number of piperazine rings is 1. The van der Waals surface area contributed by atoms with Crippen molar-refractivity contribution in [3.8, 4) is 11.5 Å². The molecule has 6 nitrogen and oxygen atoms in total. The molecule has 1 aliphatic heterocycles. The van der Waals surface area contributed by atoms with Crippen molar-refractivity contribution in [1.29, 1.82) is 0 Å².